The predicted octanol–water partition coefficient (Wildman–Crippen LogP) is 2.32. The van der Waals surface area contributed by atoms with Crippen molar-refractivity contribution >= 4 is 11.9 Å². The average Bonchev–Trinajstić information content (AvgIpc) is 3.37. The van der Waals surface area contributed by atoms with Gasteiger partial charge in [-0.05, 0) is 44.4 Å². The molecule has 0 unspecified atom stereocenters. The van der Waals surface area contributed by atoms with Crippen LogP contribution in [0, 0.1) is 34.5 Å². The van der Waals surface area contributed by atoms with Crippen molar-refractivity contribution in [1.29, 1.82) is 0 Å². The SMILES string of the molecule is COC[C@@]12CC[C@@H](OC)[C@@]34[C@H]([C@@H]([C@@H](OC)[C@@H]13)[C@@]1(OC(C)=O)C[C@@H](OC)[C@]3(O)C[C@H]4[C@@H]1[C@@H]3OC(=O)c1ccccc1)N(C)C2. The van der Waals surface area contributed by atoms with E-state index in [-0.39, 0.29) is 47.8 Å². The summed E-state index contributed by atoms with van der Waals surface area (Å²) in [6.07, 6.45) is 0.272. The number of benzene rings is 1. The van der Waals surface area contributed by atoms with E-state index in [1.165, 1.54) is 6.92 Å². The van der Waals surface area contributed by atoms with Crippen LogP contribution in [0.25, 0.3) is 0 Å². The molecule has 7 rings (SSSR count). The third-order valence-corrected chi connectivity index (χ3v) is 12.7. The number of piperidine rings is 1. The average molecular weight is 600 g/mol. The summed E-state index contributed by atoms with van der Waals surface area (Å²) in [6.45, 7) is 2.82. The van der Waals surface area contributed by atoms with E-state index in [1.807, 2.05) is 6.07 Å². The van der Waals surface area contributed by atoms with Crippen LogP contribution >= 0.6 is 0 Å². The molecule has 13 atom stereocenters. The minimum atomic E-state index is -1.48. The number of hydrogen-bond donors (Lipinski definition) is 1. The first kappa shape index (κ1) is 29.6. The van der Waals surface area contributed by atoms with E-state index in [9.17, 15) is 14.7 Å². The lowest BCUT2D eigenvalue weighted by atomic mass is 9.43. The van der Waals surface area contributed by atoms with Crippen LogP contribution in [-0.4, -0.2) is 112 Å². The van der Waals surface area contributed by atoms with Gasteiger partial charge in [-0.25, -0.2) is 4.79 Å². The zero-order valence-corrected chi connectivity index (χ0v) is 26.0. The van der Waals surface area contributed by atoms with Gasteiger partial charge in [0.2, 0.25) is 0 Å². The van der Waals surface area contributed by atoms with E-state index in [0.29, 0.717) is 18.6 Å². The number of nitrogens with zero attached hydrogens (tertiary/aromatic N) is 1. The van der Waals surface area contributed by atoms with Crippen molar-refractivity contribution in [2.75, 3.05) is 48.6 Å². The number of rotatable bonds is 8. The summed E-state index contributed by atoms with van der Waals surface area (Å²) < 4.78 is 38.0. The van der Waals surface area contributed by atoms with Gasteiger partial charge in [0.05, 0.1) is 30.5 Å². The summed E-state index contributed by atoms with van der Waals surface area (Å²) in [4.78, 5) is 29.2. The molecular weight excluding hydrogens is 554 g/mol. The lowest BCUT2D eigenvalue weighted by Crippen LogP contribution is -2.77. The molecule has 0 amide bonds. The number of aliphatic hydroxyl groups is 1. The molecule has 10 nitrogen and oxygen atoms in total. The Morgan fingerprint density at radius 1 is 1.00 bits per heavy atom. The summed E-state index contributed by atoms with van der Waals surface area (Å²) in [5.41, 5.74) is -2.88. The predicted molar refractivity (Wildman–Crippen MR) is 153 cm³/mol. The number of carbonyl (C=O) groups excluding carboxylic acids is 2. The molecule has 1 aromatic rings. The lowest BCUT2D eigenvalue weighted by Gasteiger charge is -2.69. The number of fused-ring (bicyclic) bond motifs is 2. The van der Waals surface area contributed by atoms with Gasteiger partial charge < -0.3 is 38.4 Å². The van der Waals surface area contributed by atoms with Crippen molar-refractivity contribution in [2.24, 2.45) is 34.5 Å². The third kappa shape index (κ3) is 3.51. The number of esters is 2. The summed E-state index contributed by atoms with van der Waals surface area (Å²) >= 11 is 0. The maximum Gasteiger partial charge on any atom is 0.338 e. The van der Waals surface area contributed by atoms with E-state index >= 15 is 0 Å². The van der Waals surface area contributed by atoms with Crippen molar-refractivity contribution in [2.45, 2.75) is 74.3 Å². The maximum atomic E-state index is 13.7. The zero-order chi connectivity index (χ0) is 30.5. The fourth-order valence-corrected chi connectivity index (χ4v) is 12.2. The maximum absolute atomic E-state index is 13.7. The van der Waals surface area contributed by atoms with Crippen LogP contribution in [-0.2, 0) is 33.2 Å². The molecule has 0 aromatic heterocycles. The molecule has 1 aliphatic heterocycles. The van der Waals surface area contributed by atoms with Crippen LogP contribution in [0.5, 0.6) is 0 Å². The highest BCUT2D eigenvalue weighted by molar-refractivity contribution is 5.89. The van der Waals surface area contributed by atoms with E-state index in [4.69, 9.17) is 28.4 Å². The van der Waals surface area contributed by atoms with Gasteiger partial charge in [-0.15, -0.1) is 0 Å². The molecule has 1 saturated heterocycles. The molecule has 6 aliphatic rings. The highest BCUT2D eigenvalue weighted by atomic mass is 16.6. The highest BCUT2D eigenvalue weighted by Gasteiger charge is 2.89. The van der Waals surface area contributed by atoms with Gasteiger partial charge in [0, 0.05) is 83.0 Å². The van der Waals surface area contributed by atoms with Gasteiger partial charge in [-0.2, -0.15) is 0 Å². The van der Waals surface area contributed by atoms with Gasteiger partial charge in [0.25, 0.3) is 0 Å². The molecule has 1 spiro atoms. The van der Waals surface area contributed by atoms with Crippen LogP contribution in [0.4, 0.5) is 0 Å². The first-order chi connectivity index (χ1) is 20.6. The minimum absolute atomic E-state index is 0.0201. The number of hydrogen-bond acceptors (Lipinski definition) is 10. The van der Waals surface area contributed by atoms with E-state index in [0.717, 1.165) is 19.4 Å². The summed E-state index contributed by atoms with van der Waals surface area (Å²) in [6, 6.07) is 8.77. The fourth-order valence-electron chi connectivity index (χ4n) is 12.2. The normalized spacial score (nSPS) is 49.0. The van der Waals surface area contributed by atoms with Gasteiger partial charge >= 0.3 is 11.9 Å². The number of ether oxygens (including phenoxy) is 6. The topological polar surface area (TPSA) is 113 Å². The van der Waals surface area contributed by atoms with Crippen LogP contribution in [0.15, 0.2) is 30.3 Å². The highest BCUT2D eigenvalue weighted by Crippen LogP contribution is 2.80. The number of methoxy groups -OCH3 is 4. The van der Waals surface area contributed by atoms with Crippen LogP contribution in [0.3, 0.4) is 0 Å². The summed E-state index contributed by atoms with van der Waals surface area (Å²) in [7, 11) is 9.01. The fraction of sp³-hybridized carbons (Fsp3) is 0.758. The molecule has 1 N–H and O–H groups in total. The Kier molecular flexibility index (Phi) is 6.86. The van der Waals surface area contributed by atoms with E-state index < -0.39 is 46.7 Å². The second kappa shape index (κ2) is 9.96. The third-order valence-electron chi connectivity index (χ3n) is 12.7. The Labute approximate surface area is 253 Å². The van der Waals surface area contributed by atoms with Crippen LogP contribution < -0.4 is 0 Å². The monoisotopic (exact) mass is 599 g/mol. The molecule has 7 bridgehead atoms. The quantitative estimate of drug-likeness (QED) is 0.447. The van der Waals surface area contributed by atoms with Crippen molar-refractivity contribution in [3.05, 3.63) is 35.9 Å². The van der Waals surface area contributed by atoms with Crippen molar-refractivity contribution in [3.63, 3.8) is 0 Å². The smallest absolute Gasteiger partial charge is 0.338 e. The van der Waals surface area contributed by atoms with Gasteiger partial charge in [0.15, 0.2) is 0 Å². The summed E-state index contributed by atoms with van der Waals surface area (Å²) in [5, 5.41) is 12.7. The minimum Gasteiger partial charge on any atom is -0.458 e. The molecule has 10 heteroatoms. The molecule has 5 saturated carbocycles. The van der Waals surface area contributed by atoms with Gasteiger partial charge in [0.1, 0.15) is 17.3 Å². The zero-order valence-electron chi connectivity index (χ0n) is 26.0. The van der Waals surface area contributed by atoms with E-state index in [2.05, 4.69) is 11.9 Å². The van der Waals surface area contributed by atoms with Crippen molar-refractivity contribution in [3.8, 4) is 0 Å². The standard InChI is InChI=1S/C33H45NO9/c1-18(35)43-32-15-22(40-5)31(37)14-20(23(32)28(31)42-29(36)19-10-8-7-9-11-19)33-21(39-4)12-13-30(17-38-3)16-34(2)27(33)24(32)25(41-6)26(30)33/h7-11,20-28,37H,12-17H2,1-6H3/t20-,21+,22+,23+,24+,25+,26-,27-,28-,30-,31+,32+,33+/m0/s1. The Bertz CT molecular complexity index is 1280. The Hall–Kier alpha value is -2.08. The van der Waals surface area contributed by atoms with E-state index in [1.54, 1.807) is 52.7 Å². The molecule has 6 fully saturated rings. The summed E-state index contributed by atoms with van der Waals surface area (Å²) in [5.74, 6) is -1.87. The largest absolute Gasteiger partial charge is 0.458 e. The Morgan fingerprint density at radius 3 is 2.35 bits per heavy atom. The Morgan fingerprint density at radius 2 is 1.72 bits per heavy atom. The van der Waals surface area contributed by atoms with Crippen molar-refractivity contribution < 1.29 is 43.1 Å². The first-order valence-electron chi connectivity index (χ1n) is 15.5. The first-order valence-corrected chi connectivity index (χ1v) is 15.5. The molecule has 5 aliphatic carbocycles. The molecule has 0 radical (unpaired) electrons. The molecule has 1 aromatic carbocycles. The van der Waals surface area contributed by atoms with Gasteiger partial charge in [-0.1, -0.05) is 18.2 Å². The van der Waals surface area contributed by atoms with Gasteiger partial charge in [-0.3, -0.25) is 4.79 Å². The molecular formula is C33H45NO9. The van der Waals surface area contributed by atoms with Crippen molar-refractivity contribution in [1.82, 2.24) is 4.90 Å². The Balaban J connectivity index is 1.48. The second-order valence-corrected chi connectivity index (χ2v) is 14.1. The van der Waals surface area contributed by atoms with Crippen LogP contribution in [0.2, 0.25) is 0 Å². The van der Waals surface area contributed by atoms with Crippen LogP contribution in [0.1, 0.15) is 43.0 Å². The second-order valence-electron chi connectivity index (χ2n) is 14.1. The lowest BCUT2D eigenvalue weighted by molar-refractivity contribution is -0.285. The number of carbonyl (C=O) groups is 2. The number of likely N-dealkylation sites (tertiary alicyclic amines) is 1. The molecule has 43 heavy (non-hydrogen) atoms. The molecule has 1 heterocycles. The molecule has 236 valence electrons.